The van der Waals surface area contributed by atoms with Crippen LogP contribution >= 0.6 is 0 Å². The van der Waals surface area contributed by atoms with E-state index in [2.05, 4.69) is 15.5 Å². The Bertz CT molecular complexity index is 834. The number of fused-ring (bicyclic) bond motifs is 1. The Morgan fingerprint density at radius 1 is 1.17 bits per heavy atom. The van der Waals surface area contributed by atoms with Gasteiger partial charge < -0.3 is 4.57 Å². The van der Waals surface area contributed by atoms with Crippen molar-refractivity contribution in [3.63, 3.8) is 0 Å². The van der Waals surface area contributed by atoms with Gasteiger partial charge in [0.05, 0.1) is 11.0 Å². The summed E-state index contributed by atoms with van der Waals surface area (Å²) in [6.07, 6.45) is 1.64. The van der Waals surface area contributed by atoms with Gasteiger partial charge in [-0.1, -0.05) is 24.3 Å². The minimum Gasteiger partial charge on any atom is -0.312 e. The molecule has 0 saturated heterocycles. The van der Waals surface area contributed by atoms with Gasteiger partial charge in [0.1, 0.15) is 5.82 Å². The molecular weight excluding hydrogens is 291 g/mol. The van der Waals surface area contributed by atoms with Crippen LogP contribution in [0, 0.1) is 5.82 Å². The minimum absolute atomic E-state index is 0.206. The van der Waals surface area contributed by atoms with E-state index in [1.165, 1.54) is 12.1 Å². The normalized spacial score (nSPS) is 11.9. The molecule has 0 fully saturated rings. The standard InChI is InChI=1S/C18H19FN4/c1-13(7-8-14-9-11-15(19)12-10-14)21-22-18-20-16-5-3-4-6-17(16)23(18)2/h3-6,9-12H,7-8H2,1-2H3,(H,20,22)/b21-13+. The van der Waals surface area contributed by atoms with Gasteiger partial charge in [-0.05, 0) is 49.6 Å². The van der Waals surface area contributed by atoms with Crippen LogP contribution in [0.4, 0.5) is 10.3 Å². The number of halogens is 1. The first-order chi connectivity index (χ1) is 11.1. The fourth-order valence-electron chi connectivity index (χ4n) is 2.42. The van der Waals surface area contributed by atoms with E-state index in [0.717, 1.165) is 35.2 Å². The first-order valence-corrected chi connectivity index (χ1v) is 7.58. The van der Waals surface area contributed by atoms with Crippen molar-refractivity contribution < 1.29 is 4.39 Å². The number of anilines is 1. The van der Waals surface area contributed by atoms with E-state index in [4.69, 9.17) is 0 Å². The maximum atomic E-state index is 12.9. The highest BCUT2D eigenvalue weighted by Gasteiger charge is 2.05. The summed E-state index contributed by atoms with van der Waals surface area (Å²) in [5.41, 5.74) is 7.11. The van der Waals surface area contributed by atoms with Crippen molar-refractivity contribution in [1.29, 1.82) is 0 Å². The number of nitrogens with zero attached hydrogens (tertiary/aromatic N) is 3. The first kappa shape index (κ1) is 15.2. The molecule has 3 rings (SSSR count). The molecule has 0 aliphatic rings. The van der Waals surface area contributed by atoms with Crippen LogP contribution in [-0.4, -0.2) is 15.3 Å². The Kier molecular flexibility index (Phi) is 4.37. The van der Waals surface area contributed by atoms with E-state index >= 15 is 0 Å². The zero-order valence-corrected chi connectivity index (χ0v) is 13.3. The highest BCUT2D eigenvalue weighted by Crippen LogP contribution is 2.17. The van der Waals surface area contributed by atoms with Crippen LogP contribution < -0.4 is 5.43 Å². The molecule has 5 heteroatoms. The van der Waals surface area contributed by atoms with Gasteiger partial charge in [0.15, 0.2) is 0 Å². The average Bonchev–Trinajstić information content (AvgIpc) is 2.89. The van der Waals surface area contributed by atoms with Crippen LogP contribution in [0.15, 0.2) is 53.6 Å². The lowest BCUT2D eigenvalue weighted by atomic mass is 10.1. The maximum Gasteiger partial charge on any atom is 0.224 e. The Labute approximate surface area is 134 Å². The Hall–Kier alpha value is -2.69. The number of hydrogen-bond donors (Lipinski definition) is 1. The van der Waals surface area contributed by atoms with E-state index in [0.29, 0.717) is 5.95 Å². The SMILES string of the molecule is C/C(CCc1ccc(F)cc1)=N\Nc1nc2ccccc2n1C. The number of nitrogens with one attached hydrogen (secondary N) is 1. The summed E-state index contributed by atoms with van der Waals surface area (Å²) in [5.74, 6) is 0.509. The lowest BCUT2D eigenvalue weighted by molar-refractivity contribution is 0.627. The second-order valence-electron chi connectivity index (χ2n) is 5.57. The molecule has 4 nitrogen and oxygen atoms in total. The van der Waals surface area contributed by atoms with E-state index in [9.17, 15) is 4.39 Å². The predicted molar refractivity (Wildman–Crippen MR) is 92.2 cm³/mol. The third kappa shape index (κ3) is 3.56. The molecule has 1 N–H and O–H groups in total. The van der Waals surface area contributed by atoms with E-state index in [1.54, 1.807) is 0 Å². The van der Waals surface area contributed by atoms with Crippen molar-refractivity contribution in [3.8, 4) is 0 Å². The fraction of sp³-hybridized carbons (Fsp3) is 0.222. The van der Waals surface area contributed by atoms with Crippen LogP contribution in [0.2, 0.25) is 0 Å². The highest BCUT2D eigenvalue weighted by atomic mass is 19.1. The van der Waals surface area contributed by atoms with Crippen LogP contribution in [0.25, 0.3) is 11.0 Å². The molecule has 0 aliphatic heterocycles. The summed E-state index contributed by atoms with van der Waals surface area (Å²) in [6.45, 7) is 1.97. The largest absolute Gasteiger partial charge is 0.312 e. The van der Waals surface area contributed by atoms with Crippen LogP contribution in [0.3, 0.4) is 0 Å². The molecular formula is C18H19FN4. The molecule has 3 aromatic rings. The third-order valence-electron chi connectivity index (χ3n) is 3.82. The molecule has 0 spiro atoms. The Balaban J connectivity index is 1.64. The first-order valence-electron chi connectivity index (χ1n) is 7.58. The van der Waals surface area contributed by atoms with Crippen molar-refractivity contribution in [3.05, 3.63) is 59.9 Å². The van der Waals surface area contributed by atoms with Crippen molar-refractivity contribution >= 4 is 22.7 Å². The molecule has 0 bridgehead atoms. The monoisotopic (exact) mass is 310 g/mol. The quantitative estimate of drug-likeness (QED) is 0.568. The predicted octanol–water partition coefficient (Wildman–Crippen LogP) is 4.13. The van der Waals surface area contributed by atoms with Gasteiger partial charge in [-0.15, -0.1) is 0 Å². The van der Waals surface area contributed by atoms with Crippen LogP contribution in [0.1, 0.15) is 18.9 Å². The Morgan fingerprint density at radius 2 is 1.91 bits per heavy atom. The van der Waals surface area contributed by atoms with E-state index < -0.39 is 0 Å². The van der Waals surface area contributed by atoms with Crippen LogP contribution in [0.5, 0.6) is 0 Å². The van der Waals surface area contributed by atoms with Crippen LogP contribution in [-0.2, 0) is 13.5 Å². The van der Waals surface area contributed by atoms with Gasteiger partial charge in [-0.3, -0.25) is 0 Å². The van der Waals surface area contributed by atoms with E-state index in [-0.39, 0.29) is 5.82 Å². The molecule has 0 radical (unpaired) electrons. The van der Waals surface area contributed by atoms with Crippen molar-refractivity contribution in [2.75, 3.05) is 5.43 Å². The summed E-state index contributed by atoms with van der Waals surface area (Å²) in [4.78, 5) is 4.52. The Morgan fingerprint density at radius 3 is 2.65 bits per heavy atom. The number of para-hydroxylation sites is 2. The summed E-state index contributed by atoms with van der Waals surface area (Å²) < 4.78 is 14.9. The van der Waals surface area contributed by atoms with Gasteiger partial charge in [0, 0.05) is 12.8 Å². The molecule has 0 saturated carbocycles. The number of rotatable bonds is 5. The number of aromatic nitrogens is 2. The third-order valence-corrected chi connectivity index (χ3v) is 3.82. The lowest BCUT2D eigenvalue weighted by Crippen LogP contribution is -2.03. The number of hydrogen-bond acceptors (Lipinski definition) is 3. The molecule has 1 aromatic heterocycles. The summed E-state index contributed by atoms with van der Waals surface area (Å²) >= 11 is 0. The molecule has 2 aromatic carbocycles. The lowest BCUT2D eigenvalue weighted by Gasteiger charge is -2.04. The molecule has 23 heavy (non-hydrogen) atoms. The van der Waals surface area contributed by atoms with Gasteiger partial charge in [-0.25, -0.2) is 14.8 Å². The molecule has 1 heterocycles. The smallest absolute Gasteiger partial charge is 0.224 e. The molecule has 0 atom stereocenters. The number of hydrazone groups is 1. The molecule has 0 unspecified atom stereocenters. The van der Waals surface area contributed by atoms with Crippen molar-refractivity contribution in [1.82, 2.24) is 9.55 Å². The van der Waals surface area contributed by atoms with Gasteiger partial charge >= 0.3 is 0 Å². The molecule has 0 aliphatic carbocycles. The minimum atomic E-state index is -0.206. The van der Waals surface area contributed by atoms with Crippen molar-refractivity contribution in [2.24, 2.45) is 12.1 Å². The topological polar surface area (TPSA) is 42.2 Å². The number of benzene rings is 2. The zero-order valence-electron chi connectivity index (χ0n) is 13.3. The molecule has 0 amide bonds. The van der Waals surface area contributed by atoms with Gasteiger partial charge in [0.2, 0.25) is 5.95 Å². The van der Waals surface area contributed by atoms with Gasteiger partial charge in [-0.2, -0.15) is 5.10 Å². The number of imidazole rings is 1. The second-order valence-corrected chi connectivity index (χ2v) is 5.57. The average molecular weight is 310 g/mol. The summed E-state index contributed by atoms with van der Waals surface area (Å²) in [5, 5.41) is 4.39. The van der Waals surface area contributed by atoms with Crippen molar-refractivity contribution in [2.45, 2.75) is 19.8 Å². The fourth-order valence-corrected chi connectivity index (χ4v) is 2.42. The highest BCUT2D eigenvalue weighted by molar-refractivity contribution is 5.83. The summed E-state index contributed by atoms with van der Waals surface area (Å²) in [6, 6.07) is 14.5. The van der Waals surface area contributed by atoms with E-state index in [1.807, 2.05) is 54.9 Å². The maximum absolute atomic E-state index is 12.9. The molecule has 118 valence electrons. The number of aryl methyl sites for hydroxylation is 2. The zero-order chi connectivity index (χ0) is 16.2. The summed E-state index contributed by atoms with van der Waals surface area (Å²) in [7, 11) is 1.96. The second kappa shape index (κ2) is 6.60. The van der Waals surface area contributed by atoms with Gasteiger partial charge in [0.25, 0.3) is 0 Å².